The minimum Gasteiger partial charge on any atom is -0.310 e. The first-order valence-electron chi connectivity index (χ1n) is 9.32. The molecule has 146 valence electrons. The number of piperazine rings is 1. The SMILES string of the molecule is Cn1c([C@@H]2CCS(=O)(=O)C2)nn(C[NH+]2CCN(c3cccc[nH+]3)CC2)c1=S. The maximum Gasteiger partial charge on any atom is 0.274 e. The van der Waals surface area contributed by atoms with Gasteiger partial charge in [-0.05, 0) is 24.7 Å². The van der Waals surface area contributed by atoms with Crippen LogP contribution >= 0.6 is 12.2 Å². The second-order valence-electron chi connectivity index (χ2n) is 7.44. The average molecular weight is 411 g/mol. The van der Waals surface area contributed by atoms with Gasteiger partial charge in [-0.25, -0.2) is 13.4 Å². The van der Waals surface area contributed by atoms with Gasteiger partial charge in [0.15, 0.2) is 16.5 Å². The van der Waals surface area contributed by atoms with Crippen LogP contribution in [0, 0.1) is 4.77 Å². The van der Waals surface area contributed by atoms with E-state index in [2.05, 4.69) is 16.0 Å². The summed E-state index contributed by atoms with van der Waals surface area (Å²) < 4.78 is 28.0. The molecule has 8 nitrogen and oxygen atoms in total. The molecule has 0 aromatic carbocycles. The van der Waals surface area contributed by atoms with Gasteiger partial charge in [0.2, 0.25) is 4.77 Å². The Balaban J connectivity index is 1.42. The Morgan fingerprint density at radius 2 is 2.11 bits per heavy atom. The van der Waals surface area contributed by atoms with E-state index in [-0.39, 0.29) is 17.4 Å². The van der Waals surface area contributed by atoms with Crippen LogP contribution in [-0.4, -0.2) is 60.5 Å². The third-order valence-corrected chi connectivity index (χ3v) is 7.80. The minimum absolute atomic E-state index is 0.0385. The molecule has 1 atom stereocenters. The van der Waals surface area contributed by atoms with E-state index in [0.717, 1.165) is 44.5 Å². The van der Waals surface area contributed by atoms with Crippen molar-refractivity contribution < 1.29 is 18.3 Å². The lowest BCUT2D eigenvalue weighted by Crippen LogP contribution is -3.14. The standard InChI is InChI=1S/C17H24N6O2S2/c1-20-16(14-5-11-27(24,25)12-14)19-23(17(20)26)13-21-7-9-22(10-8-21)15-4-2-3-6-18-15/h2-4,6,14H,5,7-13H2,1H3/p+2/t14-/m1/s1. The van der Waals surface area contributed by atoms with Crippen LogP contribution in [0.25, 0.3) is 0 Å². The number of aromatic nitrogens is 4. The molecule has 2 aliphatic heterocycles. The molecule has 27 heavy (non-hydrogen) atoms. The van der Waals surface area contributed by atoms with Crippen molar-refractivity contribution in [3.63, 3.8) is 0 Å². The number of nitrogens with zero attached hydrogens (tertiary/aromatic N) is 4. The molecule has 4 rings (SSSR count). The molecule has 10 heteroatoms. The van der Waals surface area contributed by atoms with Crippen molar-refractivity contribution in [1.29, 1.82) is 0 Å². The second-order valence-corrected chi connectivity index (χ2v) is 10.0. The fourth-order valence-corrected chi connectivity index (χ4v) is 5.91. The Bertz CT molecular complexity index is 961. The van der Waals surface area contributed by atoms with E-state index in [1.54, 1.807) is 0 Å². The first-order chi connectivity index (χ1) is 12.9. The molecule has 2 aromatic heterocycles. The molecule has 2 fully saturated rings. The molecule has 0 radical (unpaired) electrons. The number of aromatic amines is 1. The second kappa shape index (κ2) is 7.33. The summed E-state index contributed by atoms with van der Waals surface area (Å²) in [6.45, 7) is 4.69. The summed E-state index contributed by atoms with van der Waals surface area (Å²) in [5.74, 6) is 2.35. The third kappa shape index (κ3) is 3.92. The first kappa shape index (κ1) is 18.6. The molecule has 4 heterocycles. The summed E-state index contributed by atoms with van der Waals surface area (Å²) >= 11 is 5.56. The van der Waals surface area contributed by atoms with Gasteiger partial charge in [-0.15, -0.1) is 0 Å². The lowest BCUT2D eigenvalue weighted by molar-refractivity contribution is -0.924. The summed E-state index contributed by atoms with van der Waals surface area (Å²) in [4.78, 5) is 7.08. The van der Waals surface area contributed by atoms with Crippen molar-refractivity contribution in [2.75, 3.05) is 42.6 Å². The van der Waals surface area contributed by atoms with Crippen molar-refractivity contribution in [2.45, 2.75) is 19.0 Å². The number of quaternary nitrogens is 1. The summed E-state index contributed by atoms with van der Waals surface area (Å²) in [7, 11) is -1.04. The fraction of sp³-hybridized carbons (Fsp3) is 0.588. The Hall–Kier alpha value is -1.78. The van der Waals surface area contributed by atoms with Gasteiger partial charge >= 0.3 is 0 Å². The topological polar surface area (TPSA) is 78.7 Å². The summed E-state index contributed by atoms with van der Waals surface area (Å²) in [5, 5.41) is 4.70. The summed E-state index contributed by atoms with van der Waals surface area (Å²) in [6.07, 6.45) is 2.59. The van der Waals surface area contributed by atoms with Crippen LogP contribution < -0.4 is 14.8 Å². The van der Waals surface area contributed by atoms with E-state index >= 15 is 0 Å². The molecule has 0 bridgehead atoms. The highest BCUT2D eigenvalue weighted by Gasteiger charge is 2.33. The average Bonchev–Trinajstić information content (AvgIpc) is 3.17. The van der Waals surface area contributed by atoms with Crippen LogP contribution in [-0.2, 0) is 23.6 Å². The number of sulfone groups is 1. The molecular formula is C17H26N6O2S2+2. The highest BCUT2D eigenvalue weighted by atomic mass is 32.2. The van der Waals surface area contributed by atoms with E-state index in [1.165, 1.54) is 4.90 Å². The van der Waals surface area contributed by atoms with E-state index in [0.29, 0.717) is 11.2 Å². The van der Waals surface area contributed by atoms with E-state index in [4.69, 9.17) is 17.3 Å². The highest BCUT2D eigenvalue weighted by Crippen LogP contribution is 2.27. The number of hydrogen-bond acceptors (Lipinski definition) is 5. The molecule has 2 N–H and O–H groups in total. The van der Waals surface area contributed by atoms with Gasteiger partial charge in [-0.3, -0.25) is 4.90 Å². The molecule has 0 spiro atoms. The normalized spacial score (nSPS) is 23.0. The molecule has 0 unspecified atom stereocenters. The maximum atomic E-state index is 11.8. The predicted octanol–water partition coefficient (Wildman–Crippen LogP) is -0.970. The summed E-state index contributed by atoms with van der Waals surface area (Å²) in [5.41, 5.74) is 0. The van der Waals surface area contributed by atoms with Crippen LogP contribution in [0.5, 0.6) is 0 Å². The monoisotopic (exact) mass is 410 g/mol. The van der Waals surface area contributed by atoms with Crippen LogP contribution in [0.15, 0.2) is 24.4 Å². The van der Waals surface area contributed by atoms with Crippen molar-refractivity contribution >= 4 is 27.9 Å². The van der Waals surface area contributed by atoms with Gasteiger partial charge in [-0.1, -0.05) is 6.07 Å². The lowest BCUT2D eigenvalue weighted by Gasteiger charge is -2.27. The van der Waals surface area contributed by atoms with Crippen molar-refractivity contribution in [3.05, 3.63) is 35.0 Å². The number of hydrogen-bond donors (Lipinski definition) is 1. The van der Waals surface area contributed by atoms with Crippen LogP contribution in [0.1, 0.15) is 18.2 Å². The van der Waals surface area contributed by atoms with Crippen LogP contribution in [0.4, 0.5) is 5.82 Å². The third-order valence-electron chi connectivity index (χ3n) is 5.55. The molecule has 0 saturated carbocycles. The molecule has 2 saturated heterocycles. The smallest absolute Gasteiger partial charge is 0.274 e. The van der Waals surface area contributed by atoms with E-state index < -0.39 is 9.84 Å². The van der Waals surface area contributed by atoms with Gasteiger partial charge in [0.05, 0.1) is 17.7 Å². The zero-order valence-electron chi connectivity index (χ0n) is 15.5. The van der Waals surface area contributed by atoms with Gasteiger partial charge in [0.1, 0.15) is 32.0 Å². The van der Waals surface area contributed by atoms with Crippen molar-refractivity contribution in [3.8, 4) is 0 Å². The van der Waals surface area contributed by atoms with Crippen LogP contribution in [0.2, 0.25) is 0 Å². The molecule has 2 aromatic rings. The Labute approximate surface area is 164 Å². The molecule has 0 amide bonds. The predicted molar refractivity (Wildman–Crippen MR) is 104 cm³/mol. The Morgan fingerprint density at radius 3 is 2.74 bits per heavy atom. The quantitative estimate of drug-likeness (QED) is 0.657. The molecule has 2 aliphatic rings. The lowest BCUT2D eigenvalue weighted by atomic mass is 10.1. The zero-order valence-corrected chi connectivity index (χ0v) is 17.1. The fourth-order valence-electron chi connectivity index (χ4n) is 3.98. The number of H-pyrrole nitrogens is 1. The Kier molecular flexibility index (Phi) is 5.04. The van der Waals surface area contributed by atoms with Gasteiger partial charge < -0.3 is 9.47 Å². The molecular weight excluding hydrogens is 384 g/mol. The minimum atomic E-state index is -2.93. The molecule has 0 aliphatic carbocycles. The highest BCUT2D eigenvalue weighted by molar-refractivity contribution is 7.91. The van der Waals surface area contributed by atoms with Gasteiger partial charge in [0, 0.05) is 19.0 Å². The van der Waals surface area contributed by atoms with Crippen LogP contribution in [0.3, 0.4) is 0 Å². The number of anilines is 1. The number of pyridine rings is 1. The number of rotatable bonds is 4. The van der Waals surface area contributed by atoms with E-state index in [1.807, 2.05) is 34.6 Å². The van der Waals surface area contributed by atoms with Crippen molar-refractivity contribution in [2.24, 2.45) is 7.05 Å². The Morgan fingerprint density at radius 1 is 1.33 bits per heavy atom. The summed E-state index contributed by atoms with van der Waals surface area (Å²) in [6, 6.07) is 6.13. The van der Waals surface area contributed by atoms with Gasteiger partial charge in [-0.2, -0.15) is 9.78 Å². The largest absolute Gasteiger partial charge is 0.310 e. The number of nitrogens with one attached hydrogen (secondary N) is 2. The first-order valence-corrected chi connectivity index (χ1v) is 11.6. The maximum absolute atomic E-state index is 11.8. The van der Waals surface area contributed by atoms with Gasteiger partial charge in [0.25, 0.3) is 5.82 Å². The van der Waals surface area contributed by atoms with Crippen molar-refractivity contribution in [1.82, 2.24) is 14.3 Å². The zero-order chi connectivity index (χ0) is 19.0. The van der Waals surface area contributed by atoms with E-state index in [9.17, 15) is 8.42 Å².